The summed E-state index contributed by atoms with van der Waals surface area (Å²) in [5, 5.41) is 9.05. The monoisotopic (exact) mass is 362 g/mol. The Morgan fingerprint density at radius 2 is 2.00 bits per heavy atom. The van der Waals surface area contributed by atoms with Gasteiger partial charge in [-0.2, -0.15) is 0 Å². The molecule has 2 rings (SSSR count). The molecule has 0 fully saturated rings. The molecule has 0 radical (unpaired) electrons. The highest BCUT2D eigenvalue weighted by Gasteiger charge is 2.23. The highest BCUT2D eigenvalue weighted by atomic mass is 35.5. The summed E-state index contributed by atoms with van der Waals surface area (Å²) in [6.45, 7) is 6.04. The third-order valence-corrected chi connectivity index (χ3v) is 3.80. The Balaban J connectivity index is 1.84. The van der Waals surface area contributed by atoms with E-state index in [1.54, 1.807) is 18.3 Å². The predicted molar refractivity (Wildman–Crippen MR) is 99.7 cm³/mol. The third-order valence-electron chi connectivity index (χ3n) is 3.43. The van der Waals surface area contributed by atoms with Crippen LogP contribution in [0.4, 0.5) is 4.79 Å². The first kappa shape index (κ1) is 19.0. The fourth-order valence-corrected chi connectivity index (χ4v) is 2.47. The largest absolute Gasteiger partial charge is 0.346 e. The van der Waals surface area contributed by atoms with Gasteiger partial charge in [0.25, 0.3) is 5.91 Å². The molecular weight excluding hydrogens is 340 g/mol. The van der Waals surface area contributed by atoms with Crippen molar-refractivity contribution in [2.75, 3.05) is 0 Å². The molecule has 3 N–H and O–H groups in total. The molecule has 0 aromatic heterocycles. The molecule has 25 heavy (non-hydrogen) atoms. The maximum Gasteiger partial charge on any atom is 0.315 e. The minimum Gasteiger partial charge on any atom is -0.346 e. The van der Waals surface area contributed by atoms with E-state index >= 15 is 0 Å². The van der Waals surface area contributed by atoms with Gasteiger partial charge in [-0.3, -0.25) is 9.79 Å². The van der Waals surface area contributed by atoms with Crippen molar-refractivity contribution < 1.29 is 9.59 Å². The van der Waals surface area contributed by atoms with Gasteiger partial charge >= 0.3 is 6.03 Å². The molecule has 1 heterocycles. The van der Waals surface area contributed by atoms with Gasteiger partial charge in [0, 0.05) is 29.7 Å². The van der Waals surface area contributed by atoms with Gasteiger partial charge in [0.15, 0.2) is 0 Å². The summed E-state index contributed by atoms with van der Waals surface area (Å²) in [5.41, 5.74) is 0.898. The first-order valence-electron chi connectivity index (χ1n) is 8.08. The lowest BCUT2D eigenvalue weighted by atomic mass is 10.0. The molecular formula is C18H23ClN4O2. The number of carbonyl (C=O) groups excluding carboxylic acids is 2. The van der Waals surface area contributed by atoms with Crippen LogP contribution in [0.15, 0.2) is 41.5 Å². The van der Waals surface area contributed by atoms with Crippen LogP contribution >= 0.6 is 11.6 Å². The molecule has 0 spiro atoms. The van der Waals surface area contributed by atoms with Crippen LogP contribution in [0.2, 0.25) is 5.02 Å². The van der Waals surface area contributed by atoms with Crippen LogP contribution in [0.3, 0.4) is 0 Å². The maximum atomic E-state index is 12.2. The quantitative estimate of drug-likeness (QED) is 0.769. The summed E-state index contributed by atoms with van der Waals surface area (Å²) in [6, 6.07) is 6.71. The first-order chi connectivity index (χ1) is 11.7. The van der Waals surface area contributed by atoms with E-state index in [2.05, 4.69) is 20.9 Å². The van der Waals surface area contributed by atoms with Crippen molar-refractivity contribution in [3.05, 3.63) is 47.1 Å². The molecule has 0 saturated heterocycles. The fraction of sp³-hybridized carbons (Fsp3) is 0.389. The maximum absolute atomic E-state index is 12.2. The lowest BCUT2D eigenvalue weighted by Crippen LogP contribution is -2.47. The molecule has 1 aromatic rings. The first-order valence-corrected chi connectivity index (χ1v) is 8.46. The van der Waals surface area contributed by atoms with Gasteiger partial charge < -0.3 is 16.0 Å². The predicted octanol–water partition coefficient (Wildman–Crippen LogP) is 2.78. The highest BCUT2D eigenvalue weighted by molar-refractivity contribution is 6.39. The molecule has 0 saturated carbocycles. The number of halogens is 1. The van der Waals surface area contributed by atoms with E-state index in [1.165, 1.54) is 0 Å². The number of rotatable bonds is 4. The summed E-state index contributed by atoms with van der Waals surface area (Å²) in [5.74, 6) is -0.222. The van der Waals surface area contributed by atoms with Gasteiger partial charge in [-0.05, 0) is 38.5 Å². The van der Waals surface area contributed by atoms with Gasteiger partial charge in [0.05, 0.1) is 6.04 Å². The Kier molecular flexibility index (Phi) is 6.20. The Morgan fingerprint density at radius 3 is 2.68 bits per heavy atom. The fourth-order valence-electron chi connectivity index (χ4n) is 2.27. The number of hydrogen-bond acceptors (Lipinski definition) is 3. The van der Waals surface area contributed by atoms with Gasteiger partial charge in [-0.15, -0.1) is 0 Å². The molecule has 1 aliphatic rings. The van der Waals surface area contributed by atoms with Crippen molar-refractivity contribution >= 4 is 29.3 Å². The number of nitrogens with one attached hydrogen (secondary N) is 3. The van der Waals surface area contributed by atoms with Gasteiger partial charge in [0.1, 0.15) is 5.71 Å². The van der Waals surface area contributed by atoms with E-state index < -0.39 is 0 Å². The zero-order chi connectivity index (χ0) is 18.4. The summed E-state index contributed by atoms with van der Waals surface area (Å²) in [4.78, 5) is 28.3. The van der Waals surface area contributed by atoms with Crippen LogP contribution in [-0.4, -0.2) is 29.2 Å². The molecule has 134 valence electrons. The second kappa shape index (κ2) is 8.16. The van der Waals surface area contributed by atoms with Crippen LogP contribution < -0.4 is 16.0 Å². The molecule has 6 nitrogen and oxygen atoms in total. The van der Waals surface area contributed by atoms with Crippen LogP contribution in [0.1, 0.15) is 32.8 Å². The molecule has 1 aromatic carbocycles. The minimum absolute atomic E-state index is 0.222. The van der Waals surface area contributed by atoms with Crippen LogP contribution in [-0.2, 0) is 11.3 Å². The number of carbonyl (C=O) groups is 2. The molecule has 3 amide bonds. The Morgan fingerprint density at radius 1 is 1.28 bits per heavy atom. The van der Waals surface area contributed by atoms with Gasteiger partial charge in [-0.1, -0.05) is 29.8 Å². The summed E-state index contributed by atoms with van der Waals surface area (Å²) >= 11 is 6.06. The number of hydrogen-bond donors (Lipinski definition) is 3. The SMILES string of the molecule is CC(C)(C)NC(=O)C1=NC=CC(NC(=O)NCc2ccccc2Cl)C1. The van der Waals surface area contributed by atoms with Crippen molar-refractivity contribution in [3.63, 3.8) is 0 Å². The zero-order valence-electron chi connectivity index (χ0n) is 14.6. The van der Waals surface area contributed by atoms with E-state index in [0.29, 0.717) is 23.7 Å². The summed E-state index contributed by atoms with van der Waals surface area (Å²) < 4.78 is 0. The average molecular weight is 363 g/mol. The van der Waals surface area contributed by atoms with Crippen molar-refractivity contribution in [1.29, 1.82) is 0 Å². The van der Waals surface area contributed by atoms with Crippen LogP contribution in [0.5, 0.6) is 0 Å². The number of nitrogens with zero attached hydrogens (tertiary/aromatic N) is 1. The second-order valence-corrected chi connectivity index (χ2v) is 7.26. The van der Waals surface area contributed by atoms with E-state index in [4.69, 9.17) is 11.6 Å². The topological polar surface area (TPSA) is 82.6 Å². The molecule has 1 unspecified atom stereocenters. The Bertz CT molecular complexity index is 707. The average Bonchev–Trinajstić information content (AvgIpc) is 2.53. The molecule has 0 aliphatic carbocycles. The van der Waals surface area contributed by atoms with Crippen molar-refractivity contribution in [2.24, 2.45) is 4.99 Å². The Labute approximate surface area is 152 Å². The molecule has 1 atom stereocenters. The lowest BCUT2D eigenvalue weighted by Gasteiger charge is -2.23. The minimum atomic E-state index is -0.337. The smallest absolute Gasteiger partial charge is 0.315 e. The summed E-state index contributed by atoms with van der Waals surface area (Å²) in [6.07, 6.45) is 3.64. The number of amides is 3. The van der Waals surface area contributed by atoms with Crippen molar-refractivity contribution in [2.45, 2.75) is 45.3 Å². The van der Waals surface area contributed by atoms with Gasteiger partial charge in [0.2, 0.25) is 0 Å². The van der Waals surface area contributed by atoms with E-state index in [9.17, 15) is 9.59 Å². The van der Waals surface area contributed by atoms with Crippen LogP contribution in [0, 0.1) is 0 Å². The third kappa shape index (κ3) is 6.23. The normalized spacial score (nSPS) is 16.8. The number of aliphatic imine (C=N–C) groups is 1. The van der Waals surface area contributed by atoms with E-state index in [1.807, 2.05) is 39.0 Å². The Hall–Kier alpha value is -2.34. The second-order valence-electron chi connectivity index (χ2n) is 6.85. The molecule has 7 heteroatoms. The summed E-state index contributed by atoms with van der Waals surface area (Å²) in [7, 11) is 0. The molecule has 0 bridgehead atoms. The standard InChI is InChI=1S/C18H23ClN4O2/c1-18(2,3)23-16(24)15-10-13(8-9-20-15)22-17(25)21-11-12-6-4-5-7-14(12)19/h4-9,13H,10-11H2,1-3H3,(H,23,24)(H2,21,22,25). The number of benzene rings is 1. The van der Waals surface area contributed by atoms with Crippen LogP contribution in [0.25, 0.3) is 0 Å². The zero-order valence-corrected chi connectivity index (χ0v) is 15.4. The van der Waals surface area contributed by atoms with Crippen molar-refractivity contribution in [3.8, 4) is 0 Å². The lowest BCUT2D eigenvalue weighted by molar-refractivity contribution is -0.116. The molecule has 1 aliphatic heterocycles. The highest BCUT2D eigenvalue weighted by Crippen LogP contribution is 2.14. The van der Waals surface area contributed by atoms with Gasteiger partial charge in [-0.25, -0.2) is 4.79 Å². The van der Waals surface area contributed by atoms with E-state index in [-0.39, 0.29) is 23.5 Å². The van der Waals surface area contributed by atoms with Crippen molar-refractivity contribution in [1.82, 2.24) is 16.0 Å². The van der Waals surface area contributed by atoms with E-state index in [0.717, 1.165) is 5.56 Å². The number of urea groups is 1.